The molecule has 2 aliphatic heterocycles. The largest absolute Gasteiger partial charge is 0.354 e. The van der Waals surface area contributed by atoms with Crippen LogP contribution in [-0.2, 0) is 43.3 Å². The summed E-state index contributed by atoms with van der Waals surface area (Å²) in [6, 6.07) is 69.6. The Kier molecular flexibility index (Phi) is 17.0. The Morgan fingerprint density at radius 3 is 0.707 bits per heavy atom. The van der Waals surface area contributed by atoms with Crippen molar-refractivity contribution in [2.75, 3.05) is 0 Å². The lowest BCUT2D eigenvalue weighted by Crippen LogP contribution is -2.16. The van der Waals surface area contributed by atoms with Crippen LogP contribution < -0.4 is 0 Å². The molecule has 0 fully saturated rings. The average Bonchev–Trinajstić information content (AvgIpc) is 1.53. The zero-order valence-electron chi connectivity index (χ0n) is 72.4. The van der Waals surface area contributed by atoms with Crippen LogP contribution in [0.25, 0.3) is 190 Å². The van der Waals surface area contributed by atoms with Gasteiger partial charge in [-0.3, -0.25) is 0 Å². The number of nitrogens with one attached hydrogen (secondary N) is 4. The second kappa shape index (κ2) is 26.0. The molecule has 0 spiro atoms. The summed E-state index contributed by atoms with van der Waals surface area (Å²) >= 11 is 0. The second-order valence-electron chi connectivity index (χ2n) is 41.7. The van der Waals surface area contributed by atoms with E-state index in [0.29, 0.717) is 0 Å². The molecule has 0 saturated heterocycles. The Hall–Kier alpha value is -11.5. The summed E-state index contributed by atoms with van der Waals surface area (Å²) < 4.78 is 0. The van der Waals surface area contributed by atoms with Gasteiger partial charge in [-0.05, 0) is 194 Å². The van der Waals surface area contributed by atoms with Crippen molar-refractivity contribution in [2.24, 2.45) is 0 Å². The number of rotatable bonds is 6. The summed E-state index contributed by atoms with van der Waals surface area (Å²) in [6.45, 7) is 56.0. The van der Waals surface area contributed by atoms with Crippen LogP contribution in [0.4, 0.5) is 0 Å². The highest BCUT2D eigenvalue weighted by Gasteiger charge is 2.33. The van der Waals surface area contributed by atoms with Gasteiger partial charge in [-0.2, -0.15) is 0 Å². The van der Waals surface area contributed by atoms with E-state index in [9.17, 15) is 0 Å². The summed E-state index contributed by atoms with van der Waals surface area (Å²) in [6.07, 6.45) is 8.99. The third-order valence-electron chi connectivity index (χ3n) is 24.7. The first-order valence-electron chi connectivity index (χ1n) is 41.7. The number of fused-ring (bicyclic) bond motifs is 14. The highest BCUT2D eigenvalue weighted by Crippen LogP contribution is 2.52. The standard InChI is InChI=1S/C108H110N8/c1-101(2,3)65-43-61(44-66(51-65)102(4,5)6)91-81-39-35-77(109-81)89(59-31-27-25-28-32-59)78-36-40-82(110-78)93(63-47-69(105(13,14)15)53-70(48-63)106(16,17)18)87-57-75-76-58-88-94(64-49-71(107(19,20)21)54-72(50-64)108(22,23)24)84-42-38-80(112-84)90(60-33-29-26-30-34-60)79-37-41-83(111-79)92(62-45-67(103(7,8)9)52-68(46-62)104(10,11)12)86-56-74-73-55-85(91)113-97(73)95(99(75)115-87)96(98(74)114-86)100(76)116-88/h25-58,109,111,115-116H,1-24H3. The van der Waals surface area contributed by atoms with E-state index >= 15 is 0 Å². The van der Waals surface area contributed by atoms with Gasteiger partial charge >= 0.3 is 0 Å². The monoisotopic (exact) mass is 1520 g/mol. The van der Waals surface area contributed by atoms with E-state index in [1.165, 1.54) is 44.5 Å². The van der Waals surface area contributed by atoms with E-state index in [1.54, 1.807) is 0 Å². The van der Waals surface area contributed by atoms with Crippen molar-refractivity contribution in [3.63, 3.8) is 0 Å². The SMILES string of the molecule is CC(C)(C)c1cc(-c2c3nc(c(-c4ccccc4)c4ccc([nH]4)c(-c4cc(C(C)(C)C)cc(C(C)(C)C)c4)c4cc5c6cc7nc6c6c8[nH]c(cc8c8cc2[nH]c8c6c5n4)c(-c2cc(C(C)(C)C)cc(C(C)(C)C)c2)c2nc(c(-c4ccccc4)c4ccc([nH]4)c7-c4cc(C(C)(C)C)cc(C(C)(C)C)c4)C=C2)C=C3)cc(C(C)(C)C)c1. The Morgan fingerprint density at radius 1 is 0.207 bits per heavy atom. The van der Waals surface area contributed by atoms with Gasteiger partial charge < -0.3 is 19.9 Å². The number of hydrogen-bond donors (Lipinski definition) is 4. The van der Waals surface area contributed by atoms with Crippen molar-refractivity contribution in [3.05, 3.63) is 249 Å². The molecule has 16 aromatic rings. The van der Waals surface area contributed by atoms with Crippen LogP contribution in [0, 0.1) is 0 Å². The van der Waals surface area contributed by atoms with Gasteiger partial charge in [0.2, 0.25) is 0 Å². The molecule has 0 aliphatic carbocycles. The molecule has 0 unspecified atom stereocenters. The van der Waals surface area contributed by atoms with Crippen LogP contribution in [0.15, 0.2) is 182 Å². The zero-order chi connectivity index (χ0) is 81.9. The second-order valence-corrected chi connectivity index (χ2v) is 41.7. The smallest absolute Gasteiger partial charge is 0.0818 e. The number of H-pyrrole nitrogens is 4. The van der Waals surface area contributed by atoms with Crippen molar-refractivity contribution < 1.29 is 0 Å². The van der Waals surface area contributed by atoms with E-state index in [-0.39, 0.29) is 43.3 Å². The third kappa shape index (κ3) is 13.1. The molecule has 0 radical (unpaired) electrons. The van der Waals surface area contributed by atoms with E-state index in [1.807, 2.05) is 0 Å². The molecule has 2 aliphatic rings. The first-order chi connectivity index (χ1) is 54.5. The lowest BCUT2D eigenvalue weighted by Gasteiger charge is -2.26. The van der Waals surface area contributed by atoms with Crippen molar-refractivity contribution in [2.45, 2.75) is 209 Å². The van der Waals surface area contributed by atoms with Crippen LogP contribution in [0.3, 0.4) is 0 Å². The van der Waals surface area contributed by atoms with Crippen LogP contribution in [0.5, 0.6) is 0 Å². The maximum atomic E-state index is 6.35. The van der Waals surface area contributed by atoms with Gasteiger partial charge in [-0.1, -0.05) is 300 Å². The molecular formula is C108H110N8. The summed E-state index contributed by atoms with van der Waals surface area (Å²) in [5, 5.41) is 6.07. The van der Waals surface area contributed by atoms with Crippen molar-refractivity contribution in [3.8, 4) is 66.8 Å². The molecular weight excluding hydrogens is 1410 g/mol. The maximum absolute atomic E-state index is 6.35. The molecule has 8 heteroatoms. The molecule has 8 aromatic heterocycles. The molecule has 0 saturated carbocycles. The van der Waals surface area contributed by atoms with Crippen LogP contribution in [0.2, 0.25) is 0 Å². The molecule has 8 nitrogen and oxygen atoms in total. The predicted octanol–water partition coefficient (Wildman–Crippen LogP) is 30.0. The van der Waals surface area contributed by atoms with E-state index in [2.05, 4.69) is 392 Å². The highest BCUT2D eigenvalue weighted by atomic mass is 14.8. The fourth-order valence-corrected chi connectivity index (χ4v) is 17.7. The van der Waals surface area contributed by atoms with Crippen molar-refractivity contribution in [1.29, 1.82) is 0 Å². The normalized spacial score (nSPS) is 13.6. The first kappa shape index (κ1) is 75.8. The Balaban J connectivity index is 1.15. The molecule has 0 atom stereocenters. The quantitative estimate of drug-likeness (QED) is 0.133. The zero-order valence-corrected chi connectivity index (χ0v) is 72.4. The fraction of sp³-hybridized carbons (Fsp3) is 0.296. The van der Waals surface area contributed by atoms with Gasteiger partial charge in [-0.15, -0.1) is 0 Å². The predicted molar refractivity (Wildman–Crippen MR) is 499 cm³/mol. The highest BCUT2D eigenvalue weighted by molar-refractivity contribution is 6.39. The number of aromatic amines is 4. The summed E-state index contributed by atoms with van der Waals surface area (Å²) in [4.78, 5) is 41.8. The molecule has 116 heavy (non-hydrogen) atoms. The fourth-order valence-electron chi connectivity index (χ4n) is 17.7. The minimum absolute atomic E-state index is 0.193. The van der Waals surface area contributed by atoms with E-state index < -0.39 is 0 Å². The molecule has 10 heterocycles. The molecule has 18 rings (SSSR count). The van der Waals surface area contributed by atoms with Crippen LogP contribution >= 0.6 is 0 Å². The van der Waals surface area contributed by atoms with Gasteiger partial charge in [0.25, 0.3) is 0 Å². The lowest BCUT2D eigenvalue weighted by atomic mass is 9.78. The van der Waals surface area contributed by atoms with Gasteiger partial charge in [0, 0.05) is 98.8 Å². The van der Waals surface area contributed by atoms with Crippen molar-refractivity contribution >= 4 is 123 Å². The minimum Gasteiger partial charge on any atom is -0.354 e. The molecule has 4 N–H and O–H groups in total. The summed E-state index contributed by atoms with van der Waals surface area (Å²) in [7, 11) is 0. The first-order valence-corrected chi connectivity index (χ1v) is 41.7. The van der Waals surface area contributed by atoms with Crippen LogP contribution in [0.1, 0.15) is 233 Å². The molecule has 16 bridgehead atoms. The summed E-state index contributed by atoms with van der Waals surface area (Å²) in [5.74, 6) is 0. The molecule has 8 aromatic carbocycles. The molecule has 582 valence electrons. The topological polar surface area (TPSA) is 115 Å². The van der Waals surface area contributed by atoms with E-state index in [0.717, 1.165) is 188 Å². The van der Waals surface area contributed by atoms with Gasteiger partial charge in [-0.25, -0.2) is 19.9 Å². The minimum atomic E-state index is -0.193. The maximum Gasteiger partial charge on any atom is 0.0818 e. The van der Waals surface area contributed by atoms with Crippen molar-refractivity contribution in [1.82, 2.24) is 39.9 Å². The lowest BCUT2D eigenvalue weighted by molar-refractivity contribution is 0.568. The third-order valence-corrected chi connectivity index (χ3v) is 24.7. The Labute approximate surface area is 683 Å². The Morgan fingerprint density at radius 2 is 0.448 bits per heavy atom. The summed E-state index contributed by atoms with van der Waals surface area (Å²) in [5.41, 5.74) is 35.5. The van der Waals surface area contributed by atoms with E-state index in [4.69, 9.17) is 19.9 Å². The number of nitrogens with zero attached hydrogens (tertiary/aromatic N) is 4. The number of aromatic nitrogens is 8. The van der Waals surface area contributed by atoms with Gasteiger partial charge in [0.1, 0.15) is 0 Å². The van der Waals surface area contributed by atoms with Gasteiger partial charge in [0.15, 0.2) is 0 Å². The van der Waals surface area contributed by atoms with Crippen LogP contribution in [-0.4, -0.2) is 39.9 Å². The number of hydrogen-bond acceptors (Lipinski definition) is 4. The average molecular weight is 1520 g/mol. The molecule has 0 amide bonds. The number of benzene rings is 8. The Bertz CT molecular complexity index is 6490. The van der Waals surface area contributed by atoms with Gasteiger partial charge in [0.05, 0.1) is 55.9 Å².